The van der Waals surface area contributed by atoms with Gasteiger partial charge in [-0.3, -0.25) is 14.2 Å². The van der Waals surface area contributed by atoms with Crippen LogP contribution < -0.4 is 10.9 Å². The van der Waals surface area contributed by atoms with Crippen LogP contribution in [0.1, 0.15) is 28.0 Å². The van der Waals surface area contributed by atoms with Gasteiger partial charge in [-0.2, -0.15) is 0 Å². The number of nitrogens with one attached hydrogen (secondary N) is 1. The van der Waals surface area contributed by atoms with Gasteiger partial charge in [0.1, 0.15) is 4.83 Å². The monoisotopic (exact) mass is 443 g/mol. The fourth-order valence-electron chi connectivity index (χ4n) is 3.87. The molecule has 0 unspecified atom stereocenters. The molecule has 0 saturated carbocycles. The van der Waals surface area contributed by atoms with Gasteiger partial charge in [0.25, 0.3) is 5.56 Å². The number of carbonyl (C=O) groups excluding carboxylic acids is 1. The second-order valence-electron chi connectivity index (χ2n) is 7.49. The van der Waals surface area contributed by atoms with Crippen molar-refractivity contribution in [1.82, 2.24) is 9.55 Å². The van der Waals surface area contributed by atoms with Gasteiger partial charge in [0, 0.05) is 17.7 Å². The number of nitrogens with zero attached hydrogens (tertiary/aromatic N) is 2. The number of para-hydroxylation sites is 1. The summed E-state index contributed by atoms with van der Waals surface area (Å²) >= 11 is 2.92. The summed E-state index contributed by atoms with van der Waals surface area (Å²) in [6.07, 6.45) is 3.07. The second-order valence-corrected chi connectivity index (χ2v) is 9.51. The van der Waals surface area contributed by atoms with E-state index in [4.69, 9.17) is 9.72 Å². The highest BCUT2D eigenvalue weighted by Crippen LogP contribution is 2.35. The van der Waals surface area contributed by atoms with Crippen molar-refractivity contribution in [2.75, 3.05) is 24.8 Å². The predicted octanol–water partition coefficient (Wildman–Crippen LogP) is 3.94. The van der Waals surface area contributed by atoms with E-state index < -0.39 is 0 Å². The van der Waals surface area contributed by atoms with E-state index in [0.29, 0.717) is 18.3 Å². The molecular formula is C22H25N3O3S2. The van der Waals surface area contributed by atoms with Gasteiger partial charge in [0.05, 0.1) is 24.3 Å². The van der Waals surface area contributed by atoms with Crippen molar-refractivity contribution in [1.29, 1.82) is 0 Å². The number of hydrogen-bond acceptors (Lipinski definition) is 6. The maximum absolute atomic E-state index is 13.3. The summed E-state index contributed by atoms with van der Waals surface area (Å²) in [5.41, 5.74) is 4.05. The van der Waals surface area contributed by atoms with Gasteiger partial charge in [0.15, 0.2) is 5.16 Å². The molecule has 2 heterocycles. The number of fused-ring (bicyclic) bond motifs is 3. The highest BCUT2D eigenvalue weighted by molar-refractivity contribution is 7.99. The van der Waals surface area contributed by atoms with Gasteiger partial charge in [-0.25, -0.2) is 4.98 Å². The third-order valence-corrected chi connectivity index (χ3v) is 7.55. The van der Waals surface area contributed by atoms with Crippen LogP contribution in [0.25, 0.3) is 10.2 Å². The molecule has 1 aromatic carbocycles. The molecule has 0 radical (unpaired) electrons. The summed E-state index contributed by atoms with van der Waals surface area (Å²) in [5.74, 6) is 0.0720. The highest BCUT2D eigenvalue weighted by atomic mass is 32.2. The first kappa shape index (κ1) is 21.1. The van der Waals surface area contributed by atoms with Crippen molar-refractivity contribution in [2.45, 2.75) is 44.8 Å². The summed E-state index contributed by atoms with van der Waals surface area (Å²) in [6, 6.07) is 5.92. The molecule has 0 spiro atoms. The minimum absolute atomic E-state index is 0.0193. The molecule has 1 N–H and O–H groups in total. The summed E-state index contributed by atoms with van der Waals surface area (Å²) < 4.78 is 6.86. The number of thiophene rings is 1. The lowest BCUT2D eigenvalue weighted by Crippen LogP contribution is -2.26. The van der Waals surface area contributed by atoms with Crippen LogP contribution >= 0.6 is 23.1 Å². The van der Waals surface area contributed by atoms with Crippen molar-refractivity contribution < 1.29 is 9.53 Å². The number of aromatic nitrogens is 2. The average molecular weight is 444 g/mol. The van der Waals surface area contributed by atoms with Crippen LogP contribution in [-0.2, 0) is 28.9 Å². The van der Waals surface area contributed by atoms with Crippen molar-refractivity contribution in [3.63, 3.8) is 0 Å². The summed E-state index contributed by atoms with van der Waals surface area (Å²) in [5, 5.41) is 4.33. The first-order valence-electron chi connectivity index (χ1n) is 10.0. The highest BCUT2D eigenvalue weighted by Gasteiger charge is 2.23. The molecule has 0 fully saturated rings. The number of amides is 1. The largest absolute Gasteiger partial charge is 0.383 e. The van der Waals surface area contributed by atoms with E-state index in [0.717, 1.165) is 46.3 Å². The number of carbonyl (C=O) groups is 1. The number of thioether (sulfide) groups is 1. The van der Waals surface area contributed by atoms with Crippen LogP contribution in [0, 0.1) is 13.8 Å². The molecule has 0 bridgehead atoms. The Morgan fingerprint density at radius 1 is 1.30 bits per heavy atom. The third-order valence-electron chi connectivity index (χ3n) is 5.39. The lowest BCUT2D eigenvalue weighted by molar-refractivity contribution is -0.113. The number of ether oxygens (including phenoxy) is 1. The molecule has 0 aliphatic heterocycles. The van der Waals surface area contributed by atoms with Gasteiger partial charge < -0.3 is 10.1 Å². The van der Waals surface area contributed by atoms with E-state index in [1.807, 2.05) is 32.0 Å². The minimum Gasteiger partial charge on any atom is -0.383 e. The zero-order chi connectivity index (χ0) is 21.3. The van der Waals surface area contributed by atoms with Gasteiger partial charge >= 0.3 is 0 Å². The number of anilines is 1. The van der Waals surface area contributed by atoms with Crippen molar-refractivity contribution in [3.05, 3.63) is 50.1 Å². The molecule has 8 heteroatoms. The number of methoxy groups -OCH3 is 1. The summed E-state index contributed by atoms with van der Waals surface area (Å²) in [7, 11) is 1.62. The Labute approximate surface area is 183 Å². The fraction of sp³-hybridized carbons (Fsp3) is 0.409. The number of rotatable bonds is 7. The van der Waals surface area contributed by atoms with E-state index in [9.17, 15) is 9.59 Å². The maximum atomic E-state index is 13.3. The molecule has 2 aromatic heterocycles. The topological polar surface area (TPSA) is 73.2 Å². The van der Waals surface area contributed by atoms with Crippen molar-refractivity contribution >= 4 is 44.9 Å². The van der Waals surface area contributed by atoms with E-state index >= 15 is 0 Å². The lowest BCUT2D eigenvalue weighted by atomic mass is 10.1. The number of hydrogen-bond donors (Lipinski definition) is 1. The Morgan fingerprint density at radius 3 is 2.80 bits per heavy atom. The Hall–Kier alpha value is -2.16. The molecule has 4 rings (SSSR count). The SMILES string of the molecule is COCCn1c(SCC(=O)Nc2c(C)cccc2C)nc2sc3c(c2c1=O)CCC3. The van der Waals surface area contributed by atoms with E-state index in [-0.39, 0.29) is 17.2 Å². The van der Waals surface area contributed by atoms with Crippen molar-refractivity contribution in [3.8, 4) is 0 Å². The molecule has 158 valence electrons. The zero-order valence-corrected chi connectivity index (χ0v) is 19.0. The van der Waals surface area contributed by atoms with E-state index in [1.54, 1.807) is 23.0 Å². The van der Waals surface area contributed by atoms with Gasteiger partial charge in [-0.05, 0) is 49.8 Å². The molecule has 0 saturated heterocycles. The quantitative estimate of drug-likeness (QED) is 0.442. The molecule has 1 aliphatic rings. The zero-order valence-electron chi connectivity index (χ0n) is 17.4. The average Bonchev–Trinajstić information content (AvgIpc) is 3.29. The molecule has 6 nitrogen and oxygen atoms in total. The Balaban J connectivity index is 1.60. The normalized spacial score (nSPS) is 13.0. The smallest absolute Gasteiger partial charge is 0.263 e. The predicted molar refractivity (Wildman–Crippen MR) is 123 cm³/mol. The van der Waals surface area contributed by atoms with Gasteiger partial charge in [0.2, 0.25) is 5.91 Å². The second kappa shape index (κ2) is 8.91. The molecule has 1 aliphatic carbocycles. The number of aryl methyl sites for hydroxylation is 4. The van der Waals surface area contributed by atoms with Gasteiger partial charge in [-0.1, -0.05) is 30.0 Å². The first-order valence-corrected chi connectivity index (χ1v) is 11.8. The molecule has 3 aromatic rings. The fourth-order valence-corrected chi connectivity index (χ4v) is 5.99. The van der Waals surface area contributed by atoms with Crippen molar-refractivity contribution in [2.24, 2.45) is 0 Å². The third kappa shape index (κ3) is 4.04. The van der Waals surface area contributed by atoms with Crippen LogP contribution in [0.15, 0.2) is 28.2 Å². The molecule has 0 atom stereocenters. The first-order chi connectivity index (χ1) is 14.5. The van der Waals surface area contributed by atoms with Crippen LogP contribution in [0.2, 0.25) is 0 Å². The molecule has 1 amide bonds. The maximum Gasteiger partial charge on any atom is 0.263 e. The Morgan fingerprint density at radius 2 is 2.07 bits per heavy atom. The van der Waals surface area contributed by atoms with Crippen LogP contribution in [-0.4, -0.2) is 34.9 Å². The summed E-state index contributed by atoms with van der Waals surface area (Å²) in [4.78, 5) is 32.7. The standard InChI is InChI=1S/C22H25N3O3S2/c1-13-6-4-7-14(2)19(13)23-17(26)12-29-22-24-20-18(15-8-5-9-16(15)30-20)21(27)25(22)10-11-28-3/h4,6-7H,5,8-12H2,1-3H3,(H,23,26). The van der Waals surface area contributed by atoms with E-state index in [1.165, 1.54) is 22.2 Å². The van der Waals surface area contributed by atoms with Crippen LogP contribution in [0.4, 0.5) is 5.69 Å². The van der Waals surface area contributed by atoms with Gasteiger partial charge in [-0.15, -0.1) is 11.3 Å². The van der Waals surface area contributed by atoms with Crippen LogP contribution in [0.3, 0.4) is 0 Å². The minimum atomic E-state index is -0.112. The molecule has 30 heavy (non-hydrogen) atoms. The Kier molecular flexibility index (Phi) is 6.26. The number of benzene rings is 1. The lowest BCUT2D eigenvalue weighted by Gasteiger charge is -2.13. The van der Waals surface area contributed by atoms with Crippen LogP contribution in [0.5, 0.6) is 0 Å². The Bertz CT molecular complexity index is 1150. The molecular weight excluding hydrogens is 418 g/mol. The summed E-state index contributed by atoms with van der Waals surface area (Å²) in [6.45, 7) is 4.79. The van der Waals surface area contributed by atoms with E-state index in [2.05, 4.69) is 5.32 Å².